The molecule has 2 aromatic carbocycles. The molecule has 0 radical (unpaired) electrons. The van der Waals surface area contributed by atoms with Crippen LogP contribution in [-0.2, 0) is 19.6 Å². The van der Waals surface area contributed by atoms with E-state index in [0.29, 0.717) is 36.9 Å². The Morgan fingerprint density at radius 1 is 1.00 bits per heavy atom. The van der Waals surface area contributed by atoms with Crippen LogP contribution in [0.25, 0.3) is 0 Å². The molecule has 3 aromatic rings. The Labute approximate surface area is 209 Å². The Bertz CT molecular complexity index is 1000. The Morgan fingerprint density at radius 3 is 2.32 bits per heavy atom. The van der Waals surface area contributed by atoms with Gasteiger partial charge in [-0.05, 0) is 61.3 Å². The maximum atomic E-state index is 13.4. The highest BCUT2D eigenvalue weighted by atomic mass is 35.5. The fourth-order valence-corrected chi connectivity index (χ4v) is 5.09. The number of piperidine rings is 1. The van der Waals surface area contributed by atoms with Gasteiger partial charge in [0.2, 0.25) is 0 Å². The lowest BCUT2D eigenvalue weighted by Gasteiger charge is -2.26. The first kappa shape index (κ1) is 24.8. The average molecular weight is 501 g/mol. The predicted octanol–water partition coefficient (Wildman–Crippen LogP) is 5.35. The van der Waals surface area contributed by atoms with E-state index in [9.17, 15) is 9.18 Å². The molecule has 1 aromatic heterocycles. The van der Waals surface area contributed by atoms with Crippen molar-refractivity contribution in [3.63, 3.8) is 0 Å². The number of thiazole rings is 1. The average Bonchev–Trinajstić information content (AvgIpc) is 3.31. The minimum absolute atomic E-state index is 0.123. The zero-order valence-corrected chi connectivity index (χ0v) is 20.8. The number of benzene rings is 2. The van der Waals surface area contributed by atoms with Gasteiger partial charge in [0.1, 0.15) is 16.5 Å². The Kier molecular flexibility index (Phi) is 9.04. The highest BCUT2D eigenvalue weighted by Crippen LogP contribution is 2.19. The summed E-state index contributed by atoms with van der Waals surface area (Å²) in [5.41, 5.74) is 2.60. The molecule has 1 aliphatic heterocycles. The molecule has 0 aliphatic carbocycles. The van der Waals surface area contributed by atoms with Crippen molar-refractivity contribution in [2.75, 3.05) is 26.2 Å². The van der Waals surface area contributed by atoms with Crippen LogP contribution >= 0.6 is 22.9 Å². The van der Waals surface area contributed by atoms with Crippen molar-refractivity contribution >= 4 is 28.8 Å². The van der Waals surface area contributed by atoms with Crippen LogP contribution in [0.4, 0.5) is 4.39 Å². The summed E-state index contributed by atoms with van der Waals surface area (Å²) >= 11 is 7.53. The van der Waals surface area contributed by atoms with Gasteiger partial charge < -0.3 is 10.2 Å². The van der Waals surface area contributed by atoms with E-state index in [0.717, 1.165) is 35.8 Å². The van der Waals surface area contributed by atoms with Gasteiger partial charge in [0, 0.05) is 36.6 Å². The molecular formula is C26H30ClFN4OS. The van der Waals surface area contributed by atoms with E-state index in [1.54, 1.807) is 12.1 Å². The molecule has 1 N–H and O–H groups in total. The third kappa shape index (κ3) is 7.60. The maximum Gasteiger partial charge on any atom is 0.270 e. The van der Waals surface area contributed by atoms with Gasteiger partial charge in [0.25, 0.3) is 5.91 Å². The molecule has 1 aliphatic rings. The van der Waals surface area contributed by atoms with Crippen molar-refractivity contribution in [2.24, 2.45) is 0 Å². The number of halogens is 2. The maximum absolute atomic E-state index is 13.4. The smallest absolute Gasteiger partial charge is 0.270 e. The quantitative estimate of drug-likeness (QED) is 0.407. The summed E-state index contributed by atoms with van der Waals surface area (Å²) in [6, 6.07) is 14.3. The summed E-state index contributed by atoms with van der Waals surface area (Å²) in [6.07, 6.45) is 3.79. The molecule has 8 heteroatoms. The minimum Gasteiger partial charge on any atom is -0.349 e. The van der Waals surface area contributed by atoms with Crippen molar-refractivity contribution in [2.45, 2.75) is 38.9 Å². The van der Waals surface area contributed by atoms with Crippen LogP contribution in [0.2, 0.25) is 5.02 Å². The third-order valence-corrected chi connectivity index (χ3v) is 7.03. The summed E-state index contributed by atoms with van der Waals surface area (Å²) in [7, 11) is 0. The topological polar surface area (TPSA) is 48.5 Å². The molecule has 180 valence electrons. The van der Waals surface area contributed by atoms with Crippen LogP contribution in [0.5, 0.6) is 0 Å². The summed E-state index contributed by atoms with van der Waals surface area (Å²) < 4.78 is 13.4. The van der Waals surface area contributed by atoms with Gasteiger partial charge >= 0.3 is 0 Å². The van der Waals surface area contributed by atoms with Crippen molar-refractivity contribution in [1.82, 2.24) is 20.1 Å². The molecule has 0 unspecified atom stereocenters. The first-order valence-corrected chi connectivity index (χ1v) is 13.0. The molecule has 0 bridgehead atoms. The molecule has 5 nitrogen and oxygen atoms in total. The van der Waals surface area contributed by atoms with Gasteiger partial charge in [0.15, 0.2) is 0 Å². The zero-order valence-electron chi connectivity index (χ0n) is 19.2. The van der Waals surface area contributed by atoms with Crippen molar-refractivity contribution in [1.29, 1.82) is 0 Å². The molecule has 0 spiro atoms. The van der Waals surface area contributed by atoms with Gasteiger partial charge in [-0.15, -0.1) is 11.3 Å². The molecule has 1 saturated heterocycles. The lowest BCUT2D eigenvalue weighted by molar-refractivity contribution is 0.0942. The second-order valence-electron chi connectivity index (χ2n) is 8.68. The van der Waals surface area contributed by atoms with Crippen molar-refractivity contribution in [3.05, 3.63) is 86.6 Å². The van der Waals surface area contributed by atoms with E-state index in [-0.39, 0.29) is 11.7 Å². The minimum atomic E-state index is -0.246. The fraction of sp³-hybridized carbons (Fsp3) is 0.385. The molecule has 0 atom stereocenters. The molecule has 1 fully saturated rings. The summed E-state index contributed by atoms with van der Waals surface area (Å²) in [5, 5.41) is 6.40. The first-order valence-electron chi connectivity index (χ1n) is 11.7. The number of nitrogens with zero attached hydrogens (tertiary/aromatic N) is 3. The molecular weight excluding hydrogens is 471 g/mol. The van der Waals surface area contributed by atoms with Crippen LogP contribution in [0.3, 0.4) is 0 Å². The van der Waals surface area contributed by atoms with E-state index in [1.807, 2.05) is 29.6 Å². The zero-order chi connectivity index (χ0) is 23.8. The lowest BCUT2D eigenvalue weighted by atomic mass is 10.1. The second kappa shape index (κ2) is 12.4. The fourth-order valence-electron chi connectivity index (χ4n) is 4.14. The van der Waals surface area contributed by atoms with Gasteiger partial charge in [0.05, 0.1) is 6.54 Å². The number of carbonyl (C=O) groups is 1. The number of aromatic nitrogens is 1. The highest BCUT2D eigenvalue weighted by molar-refractivity contribution is 7.09. The summed E-state index contributed by atoms with van der Waals surface area (Å²) in [4.78, 5) is 21.8. The van der Waals surface area contributed by atoms with Gasteiger partial charge in [-0.1, -0.05) is 42.3 Å². The lowest BCUT2D eigenvalue weighted by Crippen LogP contribution is -2.37. The van der Waals surface area contributed by atoms with Gasteiger partial charge in [-0.2, -0.15) is 0 Å². The molecule has 2 heterocycles. The van der Waals surface area contributed by atoms with Crippen LogP contribution in [0, 0.1) is 5.82 Å². The van der Waals surface area contributed by atoms with Crippen molar-refractivity contribution in [3.8, 4) is 0 Å². The number of likely N-dealkylation sites (tertiary alicyclic amines) is 1. The SMILES string of the molecule is O=C(NCCN1CCCCC1)c1csc(CN(Cc2ccc(F)cc2)Cc2ccc(Cl)cc2)n1. The number of nitrogens with one attached hydrogen (secondary N) is 1. The van der Waals surface area contributed by atoms with E-state index >= 15 is 0 Å². The van der Waals surface area contributed by atoms with E-state index < -0.39 is 0 Å². The van der Waals surface area contributed by atoms with Crippen LogP contribution < -0.4 is 5.32 Å². The van der Waals surface area contributed by atoms with Crippen LogP contribution in [-0.4, -0.2) is 46.9 Å². The first-order chi connectivity index (χ1) is 16.5. The normalized spacial score (nSPS) is 14.4. The molecule has 1 amide bonds. The third-order valence-electron chi connectivity index (χ3n) is 5.94. The summed E-state index contributed by atoms with van der Waals surface area (Å²) in [5.74, 6) is -0.369. The van der Waals surface area contributed by atoms with Crippen molar-refractivity contribution < 1.29 is 9.18 Å². The summed E-state index contributed by atoms with van der Waals surface area (Å²) in [6.45, 7) is 5.67. The highest BCUT2D eigenvalue weighted by Gasteiger charge is 2.15. The van der Waals surface area contributed by atoms with E-state index in [4.69, 9.17) is 11.6 Å². The number of hydrogen-bond donors (Lipinski definition) is 1. The number of rotatable bonds is 10. The van der Waals surface area contributed by atoms with Crippen LogP contribution in [0.15, 0.2) is 53.9 Å². The Hall–Kier alpha value is -2.32. The monoisotopic (exact) mass is 500 g/mol. The molecule has 0 saturated carbocycles. The van der Waals surface area contributed by atoms with E-state index in [1.165, 1.54) is 42.7 Å². The largest absolute Gasteiger partial charge is 0.349 e. The Morgan fingerprint density at radius 2 is 1.65 bits per heavy atom. The second-order valence-corrected chi connectivity index (χ2v) is 10.1. The Balaban J connectivity index is 1.36. The van der Waals surface area contributed by atoms with Crippen LogP contribution in [0.1, 0.15) is 45.9 Å². The number of hydrogen-bond acceptors (Lipinski definition) is 5. The van der Waals surface area contributed by atoms with Gasteiger partial charge in [-0.3, -0.25) is 9.69 Å². The number of carbonyl (C=O) groups excluding carboxylic acids is 1. The number of amides is 1. The standard InChI is InChI=1S/C26H30ClFN4OS/c27-22-8-4-20(5-9-22)16-32(17-21-6-10-23(28)11-7-21)18-25-30-24(19-34-25)26(33)29-12-15-31-13-2-1-3-14-31/h4-11,19H,1-3,12-18H2,(H,29,33). The molecule has 34 heavy (non-hydrogen) atoms. The van der Waals surface area contributed by atoms with E-state index in [2.05, 4.69) is 20.1 Å². The predicted molar refractivity (Wildman–Crippen MR) is 136 cm³/mol. The molecule has 4 rings (SSSR count). The van der Waals surface area contributed by atoms with Gasteiger partial charge in [-0.25, -0.2) is 9.37 Å².